The Kier molecular flexibility index (Phi) is 8.37. The van der Waals surface area contributed by atoms with Crippen LogP contribution in [-0.4, -0.2) is 27.6 Å². The number of rotatable bonds is 0. The number of quaternary nitrogens is 1. The van der Waals surface area contributed by atoms with Crippen molar-refractivity contribution < 1.29 is 60.4 Å². The van der Waals surface area contributed by atoms with Crippen LogP contribution in [0, 0.1) is 56.8 Å². The fraction of sp³-hybridized carbons (Fsp3) is 0.267. The summed E-state index contributed by atoms with van der Waals surface area (Å²) in [5.41, 5.74) is -4.24. The number of aryl methyl sites for hydroxylation is 1. The van der Waals surface area contributed by atoms with E-state index in [4.69, 9.17) is 15.8 Å². The van der Waals surface area contributed by atoms with E-state index in [-0.39, 0.29) is 51.4 Å². The molecule has 1 aromatic rings. The van der Waals surface area contributed by atoms with E-state index in [0.717, 1.165) is 0 Å². The number of aromatic nitrogens is 2. The van der Waals surface area contributed by atoms with Crippen LogP contribution >= 0.6 is 0 Å². The summed E-state index contributed by atoms with van der Waals surface area (Å²) in [5.74, 6) is 0. The Hall–Kier alpha value is -2.33. The van der Waals surface area contributed by atoms with Gasteiger partial charge in [-0.05, 0) is 0 Å². The molecule has 0 fully saturated rings. The molecule has 0 aromatic carbocycles. The third-order valence-corrected chi connectivity index (χ3v) is 3.55. The Balaban J connectivity index is 0.000000603. The van der Waals surface area contributed by atoms with Gasteiger partial charge in [0.2, 0.25) is 0 Å². The Labute approximate surface area is 188 Å². The summed E-state index contributed by atoms with van der Waals surface area (Å²) in [4.78, 5) is 3.82. The molecule has 1 atom stereocenters. The van der Waals surface area contributed by atoms with E-state index in [2.05, 4.69) is 10.3 Å². The second kappa shape index (κ2) is 9.23. The summed E-state index contributed by atoms with van der Waals surface area (Å²) in [5, 5.41) is 48.0. The summed E-state index contributed by atoms with van der Waals surface area (Å²) in [6.45, 7) is 0. The molecule has 25 heavy (non-hydrogen) atoms. The second-order valence-electron chi connectivity index (χ2n) is 4.95. The number of hydrogen-bond donors (Lipinski definition) is 1. The summed E-state index contributed by atoms with van der Waals surface area (Å²) < 4.78 is 1.14. The van der Waals surface area contributed by atoms with E-state index >= 15 is 0 Å². The average molecular weight is 358 g/mol. The van der Waals surface area contributed by atoms with E-state index in [1.807, 2.05) is 24.0 Å². The molecule has 1 aliphatic heterocycles. The zero-order valence-electron chi connectivity index (χ0n) is 14.0. The van der Waals surface area contributed by atoms with Crippen LogP contribution in [0.5, 0.6) is 0 Å². The summed E-state index contributed by atoms with van der Waals surface area (Å²) in [6.07, 6.45) is 11.5. The van der Waals surface area contributed by atoms with Crippen LogP contribution in [0.15, 0.2) is 37.2 Å². The molecule has 1 unspecified atom stereocenters. The Morgan fingerprint density at radius 2 is 1.52 bits per heavy atom. The number of nitriles is 5. The molecule has 0 saturated heterocycles. The maximum atomic E-state index is 9.19. The van der Waals surface area contributed by atoms with Crippen molar-refractivity contribution in [2.24, 2.45) is 7.05 Å². The predicted octanol–water partition coefficient (Wildman–Crippen LogP) is -3.53. The fourth-order valence-corrected chi connectivity index (χ4v) is 2.02. The van der Waals surface area contributed by atoms with Gasteiger partial charge in [0.1, 0.15) is 25.4 Å². The molecule has 1 aromatic heterocycles. The monoisotopic (exact) mass is 358 g/mol. The van der Waals surface area contributed by atoms with Crippen molar-refractivity contribution in [1.29, 1.82) is 26.3 Å². The van der Waals surface area contributed by atoms with Gasteiger partial charge in [0.05, 0.1) is 25.6 Å². The average Bonchev–Trinajstić information content (AvgIpc) is 2.62. The molecule has 0 spiro atoms. The third-order valence-electron chi connectivity index (χ3n) is 3.55. The molecule has 0 radical (unpaired) electrons. The maximum Gasteiger partial charge on any atom is 1.00 e. The van der Waals surface area contributed by atoms with Gasteiger partial charge in [-0.25, -0.2) is 4.57 Å². The number of likely N-dealkylation sites (N-methyl/N-ethyl adjacent to an activating group) is 1. The maximum absolute atomic E-state index is 9.19. The van der Waals surface area contributed by atoms with E-state index in [1.165, 1.54) is 19.4 Å². The zero-order valence-corrected chi connectivity index (χ0v) is 17.2. The van der Waals surface area contributed by atoms with Crippen molar-refractivity contribution in [3.63, 3.8) is 0 Å². The van der Waals surface area contributed by atoms with Gasteiger partial charge in [-0.2, -0.15) is 25.5 Å². The van der Waals surface area contributed by atoms with Crippen LogP contribution in [0.4, 0.5) is 0 Å². The zero-order chi connectivity index (χ0) is 18.3. The first-order valence-corrected chi connectivity index (χ1v) is 6.54. The van der Waals surface area contributed by atoms with Crippen LogP contribution in [0.3, 0.4) is 0 Å². The molecule has 0 amide bonds. The molecule has 2 rings (SSSR count). The standard InChI is InChI=1S/C10H6N7.C5H7N2.K/c1-17(8-15)3-2-16-9(4-11,5-12)10(17,6-13)7-14;1-7-4-2-6-3-5-7;/h2-3,16H,1H3;2-5H,1H3;/q3*+1. The quantitative estimate of drug-likeness (QED) is 0.219. The topological polar surface area (TPSA) is 148 Å². The van der Waals surface area contributed by atoms with Crippen LogP contribution in [0.25, 0.3) is 0 Å². The summed E-state index contributed by atoms with van der Waals surface area (Å²) in [7, 11) is 3.24. The fourth-order valence-electron chi connectivity index (χ4n) is 2.02. The van der Waals surface area contributed by atoms with Crippen LogP contribution in [-0.2, 0) is 7.05 Å². The summed E-state index contributed by atoms with van der Waals surface area (Å²) in [6, 6.07) is 6.49. The van der Waals surface area contributed by atoms with Crippen molar-refractivity contribution in [2.45, 2.75) is 11.1 Å². The Morgan fingerprint density at radius 3 is 1.84 bits per heavy atom. The number of hydrogen-bond acceptors (Lipinski definition) is 7. The van der Waals surface area contributed by atoms with E-state index in [9.17, 15) is 10.5 Å². The number of nitrogens with zero attached hydrogens (tertiary/aromatic N) is 8. The second-order valence-corrected chi connectivity index (χ2v) is 4.95. The molecule has 9 nitrogen and oxygen atoms in total. The molecular weight excluding hydrogens is 345 g/mol. The van der Waals surface area contributed by atoms with Gasteiger partial charge in [-0.3, -0.25) is 4.98 Å². The first-order chi connectivity index (χ1) is 11.4. The Morgan fingerprint density at radius 1 is 1.00 bits per heavy atom. The van der Waals surface area contributed by atoms with Crippen molar-refractivity contribution in [1.82, 2.24) is 10.3 Å². The smallest absolute Gasteiger partial charge is 0.350 e. The molecule has 0 aliphatic carbocycles. The van der Waals surface area contributed by atoms with Crippen LogP contribution < -0.4 is 61.3 Å². The molecule has 1 aliphatic rings. The van der Waals surface area contributed by atoms with Gasteiger partial charge >= 0.3 is 63.1 Å². The minimum Gasteiger partial charge on any atom is -0.350 e. The first-order valence-electron chi connectivity index (χ1n) is 6.54. The van der Waals surface area contributed by atoms with Crippen LogP contribution in [0.2, 0.25) is 0 Å². The van der Waals surface area contributed by atoms with Crippen LogP contribution in [0.1, 0.15) is 0 Å². The Bertz CT molecular complexity index is 817. The minimum absolute atomic E-state index is 0. The van der Waals surface area contributed by atoms with Crippen molar-refractivity contribution in [3.8, 4) is 30.5 Å². The molecule has 10 heteroatoms. The van der Waals surface area contributed by atoms with Gasteiger partial charge in [-0.15, -0.1) is 5.26 Å². The third kappa shape index (κ3) is 3.85. The molecule has 1 N–H and O–H groups in total. The predicted molar refractivity (Wildman–Crippen MR) is 77.4 cm³/mol. The van der Waals surface area contributed by atoms with Crippen molar-refractivity contribution in [3.05, 3.63) is 37.2 Å². The largest absolute Gasteiger partial charge is 1.00 e. The van der Waals surface area contributed by atoms with Gasteiger partial charge < -0.3 is 5.32 Å². The van der Waals surface area contributed by atoms with Gasteiger partial charge in [0.25, 0.3) is 5.54 Å². The van der Waals surface area contributed by atoms with Crippen molar-refractivity contribution in [2.75, 3.05) is 7.05 Å². The molecule has 2 heterocycles. The van der Waals surface area contributed by atoms with Gasteiger partial charge in [-0.1, -0.05) is 0 Å². The molecular formula is C15H13KN9+3. The van der Waals surface area contributed by atoms with Gasteiger partial charge in [0.15, 0.2) is 24.5 Å². The normalized spacial score (nSPS) is 20.8. The van der Waals surface area contributed by atoms with Gasteiger partial charge in [0, 0.05) is 0 Å². The molecule has 116 valence electrons. The van der Waals surface area contributed by atoms with Crippen molar-refractivity contribution >= 4 is 0 Å². The van der Waals surface area contributed by atoms with E-state index in [1.54, 1.807) is 42.9 Å². The number of nitrogens with one attached hydrogen (secondary N) is 1. The first kappa shape index (κ1) is 22.7. The van der Waals surface area contributed by atoms with E-state index in [0.29, 0.717) is 0 Å². The van der Waals surface area contributed by atoms with E-state index < -0.39 is 15.6 Å². The minimum atomic E-state index is -2.15. The summed E-state index contributed by atoms with van der Waals surface area (Å²) >= 11 is 0. The molecule has 0 bridgehead atoms. The SMILES string of the molecule is C[N+]1(C#N)C=CNC(C#N)(C#N)C1(C#N)C#N.C[n+]1ccncc1.[K+]. The molecule has 0 saturated carbocycles.